The third-order valence-corrected chi connectivity index (χ3v) is 4.76. The molecule has 4 rings (SSSR count). The molecule has 28 heavy (non-hydrogen) atoms. The van der Waals surface area contributed by atoms with E-state index in [4.69, 9.17) is 5.14 Å². The molecule has 0 saturated heterocycles. The molecule has 0 radical (unpaired) electrons. The van der Waals surface area contributed by atoms with E-state index < -0.39 is 10.0 Å². The van der Waals surface area contributed by atoms with Gasteiger partial charge in [0.15, 0.2) is 5.82 Å². The number of sulfonamides is 1. The number of aromatic nitrogens is 4. The van der Waals surface area contributed by atoms with Crippen LogP contribution >= 0.6 is 0 Å². The van der Waals surface area contributed by atoms with Crippen LogP contribution in [0.1, 0.15) is 0 Å². The van der Waals surface area contributed by atoms with Crippen molar-refractivity contribution in [1.29, 1.82) is 0 Å². The average molecular weight is 399 g/mol. The molecule has 9 nitrogen and oxygen atoms in total. The maximum absolute atomic E-state index is 13.5. The second-order valence-electron chi connectivity index (χ2n) is 5.85. The summed E-state index contributed by atoms with van der Waals surface area (Å²) in [5, 5.41) is 18.6. The summed E-state index contributed by atoms with van der Waals surface area (Å²) in [4.78, 5) is 8.37. The first-order valence-electron chi connectivity index (χ1n) is 8.02. The molecule has 4 aromatic rings. The number of nitrogens with one attached hydrogen (secondary N) is 3. The molecule has 0 atom stereocenters. The molecule has 2 aromatic carbocycles. The van der Waals surface area contributed by atoms with Gasteiger partial charge in [0.05, 0.1) is 10.4 Å². The van der Waals surface area contributed by atoms with E-state index in [-0.39, 0.29) is 16.7 Å². The summed E-state index contributed by atoms with van der Waals surface area (Å²) < 4.78 is 36.4. The standard InChI is InChI=1S/C17H14FN7O2S/c18-10-4-5-14-13(8-10)16(25-24-14)22-15-6-7-20-17(23-15)21-11-2-1-3-12(9-11)28(19,26)27/h1-9H,(H2,19,26,27)(H3,20,21,22,23,24,25). The molecule has 0 saturated carbocycles. The van der Waals surface area contributed by atoms with E-state index in [1.54, 1.807) is 24.3 Å². The highest BCUT2D eigenvalue weighted by atomic mass is 32.2. The zero-order valence-corrected chi connectivity index (χ0v) is 15.0. The molecule has 142 valence electrons. The maximum Gasteiger partial charge on any atom is 0.238 e. The van der Waals surface area contributed by atoms with Crippen molar-refractivity contribution in [3.05, 3.63) is 60.5 Å². The maximum atomic E-state index is 13.5. The van der Waals surface area contributed by atoms with Crippen molar-refractivity contribution in [1.82, 2.24) is 20.2 Å². The van der Waals surface area contributed by atoms with Crippen LogP contribution in [-0.2, 0) is 10.0 Å². The molecule has 0 bridgehead atoms. The van der Waals surface area contributed by atoms with Gasteiger partial charge in [0.2, 0.25) is 16.0 Å². The smallest absolute Gasteiger partial charge is 0.238 e. The number of hydrogen-bond acceptors (Lipinski definition) is 7. The third-order valence-electron chi connectivity index (χ3n) is 3.85. The highest BCUT2D eigenvalue weighted by Gasteiger charge is 2.10. The molecule has 0 fully saturated rings. The normalized spacial score (nSPS) is 11.5. The molecule has 0 spiro atoms. The van der Waals surface area contributed by atoms with Crippen LogP contribution in [-0.4, -0.2) is 28.6 Å². The topological polar surface area (TPSA) is 139 Å². The largest absolute Gasteiger partial charge is 0.324 e. The van der Waals surface area contributed by atoms with E-state index in [0.717, 1.165) is 0 Å². The number of hydrogen-bond donors (Lipinski definition) is 4. The summed E-state index contributed by atoms with van der Waals surface area (Å²) in [5.74, 6) is 0.674. The molecule has 2 aromatic heterocycles. The Morgan fingerprint density at radius 2 is 1.93 bits per heavy atom. The Kier molecular flexibility index (Phi) is 4.37. The number of nitrogens with two attached hydrogens (primary N) is 1. The highest BCUT2D eigenvalue weighted by Crippen LogP contribution is 2.24. The van der Waals surface area contributed by atoms with Gasteiger partial charge in [-0.2, -0.15) is 10.1 Å². The molecule has 0 unspecified atom stereocenters. The van der Waals surface area contributed by atoms with Gasteiger partial charge in [-0.25, -0.2) is 22.9 Å². The fourth-order valence-electron chi connectivity index (χ4n) is 2.57. The molecular formula is C17H14FN7O2S. The molecule has 5 N–H and O–H groups in total. The summed E-state index contributed by atoms with van der Waals surface area (Å²) >= 11 is 0. The monoisotopic (exact) mass is 399 g/mol. The Balaban J connectivity index is 1.59. The number of aromatic amines is 1. The third kappa shape index (κ3) is 3.75. The fraction of sp³-hybridized carbons (Fsp3) is 0. The van der Waals surface area contributed by atoms with Crippen LogP contribution in [0.5, 0.6) is 0 Å². The number of anilines is 4. The Hall–Kier alpha value is -3.57. The van der Waals surface area contributed by atoms with E-state index in [1.807, 2.05) is 0 Å². The molecule has 0 aliphatic heterocycles. The van der Waals surface area contributed by atoms with Crippen molar-refractivity contribution in [3.8, 4) is 0 Å². The number of primary sulfonamides is 1. The van der Waals surface area contributed by atoms with Crippen LogP contribution in [0.4, 0.5) is 27.7 Å². The highest BCUT2D eigenvalue weighted by molar-refractivity contribution is 7.89. The summed E-state index contributed by atoms with van der Waals surface area (Å²) in [7, 11) is -3.82. The molecule has 11 heteroatoms. The minimum Gasteiger partial charge on any atom is -0.324 e. The summed E-state index contributed by atoms with van der Waals surface area (Å²) in [5.41, 5.74) is 1.13. The van der Waals surface area contributed by atoms with Crippen LogP contribution in [0.2, 0.25) is 0 Å². The number of benzene rings is 2. The number of fused-ring (bicyclic) bond motifs is 1. The average Bonchev–Trinajstić information content (AvgIpc) is 3.03. The zero-order chi connectivity index (χ0) is 19.7. The first-order chi connectivity index (χ1) is 13.4. The number of rotatable bonds is 5. The quantitative estimate of drug-likeness (QED) is 0.404. The summed E-state index contributed by atoms with van der Waals surface area (Å²) in [6, 6.07) is 11.9. The summed E-state index contributed by atoms with van der Waals surface area (Å²) in [6.45, 7) is 0. The second kappa shape index (κ2) is 6.87. The SMILES string of the molecule is NS(=O)(=O)c1cccc(Nc2nccc(Nc3n[nH]c4ccc(F)cc34)n2)c1. The lowest BCUT2D eigenvalue weighted by molar-refractivity contribution is 0.598. The summed E-state index contributed by atoms with van der Waals surface area (Å²) in [6.07, 6.45) is 1.51. The molecule has 0 aliphatic carbocycles. The van der Waals surface area contributed by atoms with E-state index in [1.165, 1.54) is 30.5 Å². The minimum absolute atomic E-state index is 0.0307. The van der Waals surface area contributed by atoms with Gasteiger partial charge in [-0.1, -0.05) is 6.07 Å². The predicted octanol–water partition coefficient (Wildman–Crippen LogP) is 2.63. The van der Waals surface area contributed by atoms with E-state index in [0.29, 0.717) is 28.2 Å². The van der Waals surface area contributed by atoms with Gasteiger partial charge < -0.3 is 10.6 Å². The van der Waals surface area contributed by atoms with Gasteiger partial charge >= 0.3 is 0 Å². The lowest BCUT2D eigenvalue weighted by Crippen LogP contribution is -2.12. The van der Waals surface area contributed by atoms with Crippen molar-refractivity contribution in [3.63, 3.8) is 0 Å². The van der Waals surface area contributed by atoms with Crippen molar-refractivity contribution in [2.75, 3.05) is 10.6 Å². The number of nitrogens with zero attached hydrogens (tertiary/aromatic N) is 3. The zero-order valence-electron chi connectivity index (χ0n) is 14.2. The lowest BCUT2D eigenvalue weighted by atomic mass is 10.2. The van der Waals surface area contributed by atoms with Gasteiger partial charge in [0, 0.05) is 17.3 Å². The predicted molar refractivity (Wildman–Crippen MR) is 102 cm³/mol. The van der Waals surface area contributed by atoms with Gasteiger partial charge in [-0.05, 0) is 42.5 Å². The minimum atomic E-state index is -3.82. The number of halogens is 1. The van der Waals surface area contributed by atoms with Crippen molar-refractivity contribution in [2.45, 2.75) is 4.90 Å². The van der Waals surface area contributed by atoms with Crippen LogP contribution in [0, 0.1) is 5.82 Å². The first kappa shape index (κ1) is 17.8. The van der Waals surface area contributed by atoms with Gasteiger partial charge in [0.25, 0.3) is 0 Å². The Bertz CT molecular complexity index is 1270. The van der Waals surface area contributed by atoms with Gasteiger partial charge in [0.1, 0.15) is 11.6 Å². The van der Waals surface area contributed by atoms with Gasteiger partial charge in [-0.15, -0.1) is 0 Å². The Morgan fingerprint density at radius 3 is 2.75 bits per heavy atom. The molecule has 0 aliphatic rings. The van der Waals surface area contributed by atoms with Crippen molar-refractivity contribution >= 4 is 44.2 Å². The molecule has 0 amide bonds. The van der Waals surface area contributed by atoms with Gasteiger partial charge in [-0.3, -0.25) is 5.10 Å². The Labute approximate surface area is 158 Å². The van der Waals surface area contributed by atoms with E-state index >= 15 is 0 Å². The lowest BCUT2D eigenvalue weighted by Gasteiger charge is -2.08. The number of H-pyrrole nitrogens is 1. The fourth-order valence-corrected chi connectivity index (χ4v) is 3.13. The van der Waals surface area contributed by atoms with Crippen LogP contribution in [0.25, 0.3) is 10.9 Å². The van der Waals surface area contributed by atoms with Crippen LogP contribution < -0.4 is 15.8 Å². The van der Waals surface area contributed by atoms with E-state index in [9.17, 15) is 12.8 Å². The van der Waals surface area contributed by atoms with Crippen molar-refractivity contribution in [2.24, 2.45) is 5.14 Å². The first-order valence-corrected chi connectivity index (χ1v) is 9.57. The van der Waals surface area contributed by atoms with Crippen LogP contribution in [0.3, 0.4) is 0 Å². The van der Waals surface area contributed by atoms with Crippen LogP contribution in [0.15, 0.2) is 59.6 Å². The Morgan fingerprint density at radius 1 is 1.07 bits per heavy atom. The molecule has 2 heterocycles. The molecular weight excluding hydrogens is 385 g/mol. The van der Waals surface area contributed by atoms with Crippen molar-refractivity contribution < 1.29 is 12.8 Å². The second-order valence-corrected chi connectivity index (χ2v) is 7.41. The van der Waals surface area contributed by atoms with E-state index in [2.05, 4.69) is 30.8 Å².